The highest BCUT2D eigenvalue weighted by Gasteiger charge is 2.23. The number of aryl methyl sites for hydroxylation is 1. The SMILES string of the molecule is COc1ccc2cc([C@H](C)C(=O)O[C@H](C)C(=O)Nc3ccc(C)cc3)ccc2c1. The van der Waals surface area contributed by atoms with E-state index in [2.05, 4.69) is 5.32 Å². The first-order valence-corrected chi connectivity index (χ1v) is 9.53. The fraction of sp³-hybridized carbons (Fsp3) is 0.250. The van der Waals surface area contributed by atoms with Gasteiger partial charge in [0, 0.05) is 5.69 Å². The topological polar surface area (TPSA) is 64.6 Å². The van der Waals surface area contributed by atoms with Crippen LogP contribution in [0.25, 0.3) is 10.8 Å². The molecule has 0 saturated heterocycles. The molecule has 29 heavy (non-hydrogen) atoms. The van der Waals surface area contributed by atoms with E-state index in [0.29, 0.717) is 5.69 Å². The summed E-state index contributed by atoms with van der Waals surface area (Å²) < 4.78 is 10.6. The first kappa shape index (κ1) is 20.4. The fourth-order valence-corrected chi connectivity index (χ4v) is 2.99. The second kappa shape index (κ2) is 8.78. The van der Waals surface area contributed by atoms with Crippen LogP contribution in [0.5, 0.6) is 5.75 Å². The number of benzene rings is 3. The monoisotopic (exact) mass is 391 g/mol. The van der Waals surface area contributed by atoms with Gasteiger partial charge in [0.25, 0.3) is 5.91 Å². The van der Waals surface area contributed by atoms with Crippen LogP contribution in [0, 0.1) is 6.92 Å². The lowest BCUT2D eigenvalue weighted by molar-refractivity contribution is -0.154. The van der Waals surface area contributed by atoms with Crippen molar-refractivity contribution in [1.29, 1.82) is 0 Å². The number of methoxy groups -OCH3 is 1. The molecule has 3 aromatic rings. The Labute approximate surface area is 170 Å². The standard InChI is InChI=1S/C24H25NO4/c1-15-5-10-21(11-6-15)25-23(26)17(3)29-24(27)16(2)18-7-8-20-14-22(28-4)12-9-19(20)13-18/h5-14,16-17H,1-4H3,(H,25,26)/t16-,17+/m0/s1. The summed E-state index contributed by atoms with van der Waals surface area (Å²) in [6.07, 6.45) is -0.893. The van der Waals surface area contributed by atoms with Crippen molar-refractivity contribution in [3.8, 4) is 5.75 Å². The van der Waals surface area contributed by atoms with Gasteiger partial charge in [-0.3, -0.25) is 9.59 Å². The summed E-state index contributed by atoms with van der Waals surface area (Å²) in [5.41, 5.74) is 2.60. The second-order valence-corrected chi connectivity index (χ2v) is 7.13. The van der Waals surface area contributed by atoms with Crippen LogP contribution in [0.1, 0.15) is 30.9 Å². The van der Waals surface area contributed by atoms with E-state index >= 15 is 0 Å². The molecule has 3 rings (SSSR count). The summed E-state index contributed by atoms with van der Waals surface area (Å²) in [5, 5.41) is 4.79. The van der Waals surface area contributed by atoms with Gasteiger partial charge in [-0.15, -0.1) is 0 Å². The van der Waals surface area contributed by atoms with E-state index in [9.17, 15) is 9.59 Å². The highest BCUT2D eigenvalue weighted by atomic mass is 16.5. The van der Waals surface area contributed by atoms with E-state index in [0.717, 1.165) is 27.6 Å². The first-order chi connectivity index (χ1) is 13.9. The van der Waals surface area contributed by atoms with E-state index in [-0.39, 0.29) is 5.91 Å². The minimum absolute atomic E-state index is 0.361. The molecule has 0 radical (unpaired) electrons. The van der Waals surface area contributed by atoms with Gasteiger partial charge in [0.2, 0.25) is 0 Å². The van der Waals surface area contributed by atoms with E-state index < -0.39 is 18.0 Å². The van der Waals surface area contributed by atoms with Crippen molar-refractivity contribution in [2.75, 3.05) is 12.4 Å². The Morgan fingerprint density at radius 1 is 0.897 bits per heavy atom. The summed E-state index contributed by atoms with van der Waals surface area (Å²) in [5.74, 6) is -0.508. The molecule has 0 aliphatic rings. The van der Waals surface area contributed by atoms with Gasteiger partial charge in [0.15, 0.2) is 6.10 Å². The van der Waals surface area contributed by atoms with Crippen molar-refractivity contribution in [3.63, 3.8) is 0 Å². The van der Waals surface area contributed by atoms with Gasteiger partial charge in [-0.25, -0.2) is 0 Å². The Bertz CT molecular complexity index is 1030. The maximum atomic E-state index is 12.6. The number of fused-ring (bicyclic) bond motifs is 1. The van der Waals surface area contributed by atoms with E-state index in [1.54, 1.807) is 21.0 Å². The van der Waals surface area contributed by atoms with Crippen molar-refractivity contribution in [3.05, 3.63) is 71.8 Å². The molecule has 0 aliphatic heterocycles. The summed E-state index contributed by atoms with van der Waals surface area (Å²) in [6.45, 7) is 5.32. The maximum Gasteiger partial charge on any atom is 0.313 e. The van der Waals surface area contributed by atoms with Crippen LogP contribution in [-0.4, -0.2) is 25.1 Å². The summed E-state index contributed by atoms with van der Waals surface area (Å²) >= 11 is 0. The Morgan fingerprint density at radius 2 is 1.55 bits per heavy atom. The largest absolute Gasteiger partial charge is 0.497 e. The maximum absolute atomic E-state index is 12.6. The second-order valence-electron chi connectivity index (χ2n) is 7.13. The molecule has 1 amide bonds. The van der Waals surface area contributed by atoms with Gasteiger partial charge < -0.3 is 14.8 Å². The summed E-state index contributed by atoms with van der Waals surface area (Å²) in [7, 11) is 1.63. The smallest absolute Gasteiger partial charge is 0.313 e. The van der Waals surface area contributed by atoms with Gasteiger partial charge in [0.1, 0.15) is 5.75 Å². The van der Waals surface area contributed by atoms with Crippen LogP contribution in [0.2, 0.25) is 0 Å². The van der Waals surface area contributed by atoms with E-state index in [4.69, 9.17) is 9.47 Å². The van der Waals surface area contributed by atoms with Gasteiger partial charge >= 0.3 is 5.97 Å². The van der Waals surface area contributed by atoms with Crippen molar-refractivity contribution in [2.45, 2.75) is 32.8 Å². The van der Waals surface area contributed by atoms with Crippen LogP contribution in [0.4, 0.5) is 5.69 Å². The zero-order chi connectivity index (χ0) is 21.0. The number of nitrogens with one attached hydrogen (secondary N) is 1. The minimum Gasteiger partial charge on any atom is -0.497 e. The molecular weight excluding hydrogens is 366 g/mol. The molecule has 2 atom stereocenters. The van der Waals surface area contributed by atoms with Crippen molar-refractivity contribution < 1.29 is 19.1 Å². The van der Waals surface area contributed by atoms with Crippen LogP contribution in [0.3, 0.4) is 0 Å². The molecule has 5 nitrogen and oxygen atoms in total. The summed E-state index contributed by atoms with van der Waals surface area (Å²) in [6, 6.07) is 19.0. The number of ether oxygens (including phenoxy) is 2. The van der Waals surface area contributed by atoms with Gasteiger partial charge in [-0.1, -0.05) is 42.0 Å². The zero-order valence-corrected chi connectivity index (χ0v) is 17.1. The molecule has 0 aliphatic carbocycles. The summed E-state index contributed by atoms with van der Waals surface area (Å²) in [4.78, 5) is 24.9. The quantitative estimate of drug-likeness (QED) is 0.611. The highest BCUT2D eigenvalue weighted by Crippen LogP contribution is 2.26. The third-order valence-corrected chi connectivity index (χ3v) is 4.91. The van der Waals surface area contributed by atoms with Crippen LogP contribution in [0.15, 0.2) is 60.7 Å². The molecule has 5 heteroatoms. The van der Waals surface area contributed by atoms with E-state index in [1.165, 1.54) is 0 Å². The van der Waals surface area contributed by atoms with Gasteiger partial charge in [0.05, 0.1) is 13.0 Å². The van der Waals surface area contributed by atoms with Crippen LogP contribution >= 0.6 is 0 Å². The molecular formula is C24H25NO4. The Kier molecular flexibility index (Phi) is 6.17. The Hall–Kier alpha value is -3.34. The zero-order valence-electron chi connectivity index (χ0n) is 17.1. The van der Waals surface area contributed by atoms with Crippen molar-refractivity contribution in [1.82, 2.24) is 0 Å². The highest BCUT2D eigenvalue weighted by molar-refractivity contribution is 5.95. The molecule has 0 fully saturated rings. The van der Waals surface area contributed by atoms with Crippen LogP contribution in [-0.2, 0) is 14.3 Å². The Morgan fingerprint density at radius 3 is 2.24 bits per heavy atom. The lowest BCUT2D eigenvalue weighted by atomic mass is 9.98. The number of carbonyl (C=O) groups excluding carboxylic acids is 2. The number of hydrogen-bond donors (Lipinski definition) is 1. The van der Waals surface area contributed by atoms with E-state index in [1.807, 2.05) is 67.6 Å². The molecule has 0 unspecified atom stereocenters. The molecule has 150 valence electrons. The van der Waals surface area contributed by atoms with Crippen molar-refractivity contribution in [2.24, 2.45) is 0 Å². The fourth-order valence-electron chi connectivity index (χ4n) is 2.99. The normalized spacial score (nSPS) is 12.8. The van der Waals surface area contributed by atoms with Gasteiger partial charge in [-0.05, 0) is 61.4 Å². The third-order valence-electron chi connectivity index (χ3n) is 4.91. The molecule has 0 spiro atoms. The number of carbonyl (C=O) groups is 2. The molecule has 3 aromatic carbocycles. The number of anilines is 1. The molecule has 0 saturated carbocycles. The van der Waals surface area contributed by atoms with Gasteiger partial charge in [-0.2, -0.15) is 0 Å². The Balaban J connectivity index is 1.65. The average Bonchev–Trinajstić information content (AvgIpc) is 2.73. The van der Waals surface area contributed by atoms with Crippen LogP contribution < -0.4 is 10.1 Å². The first-order valence-electron chi connectivity index (χ1n) is 9.53. The molecule has 0 aromatic heterocycles. The minimum atomic E-state index is -0.893. The predicted molar refractivity (Wildman–Crippen MR) is 114 cm³/mol. The average molecular weight is 391 g/mol. The lowest BCUT2D eigenvalue weighted by Gasteiger charge is -2.17. The number of amides is 1. The van der Waals surface area contributed by atoms with Crippen molar-refractivity contribution >= 4 is 28.3 Å². The molecule has 1 N–H and O–H groups in total. The number of hydrogen-bond acceptors (Lipinski definition) is 4. The third kappa shape index (κ3) is 4.93. The number of rotatable bonds is 6. The lowest BCUT2D eigenvalue weighted by Crippen LogP contribution is -2.31. The molecule has 0 heterocycles. The molecule has 0 bridgehead atoms. The number of esters is 1. The predicted octanol–water partition coefficient (Wildman–Crippen LogP) is 4.83.